The first-order valence-corrected chi connectivity index (χ1v) is 10.3. The Morgan fingerprint density at radius 3 is 2.57 bits per heavy atom. The fraction of sp³-hybridized carbons (Fsp3) is 0.565. The van der Waals surface area contributed by atoms with Crippen LogP contribution in [-0.4, -0.2) is 35.1 Å². The number of H-pyrrole nitrogens is 1. The summed E-state index contributed by atoms with van der Waals surface area (Å²) in [7, 11) is 1.73. The van der Waals surface area contributed by atoms with Crippen molar-refractivity contribution < 1.29 is 4.74 Å². The highest BCUT2D eigenvalue weighted by atomic mass is 16.5. The minimum atomic E-state index is -0.150. The number of fused-ring (bicyclic) bond motifs is 2. The number of benzene rings is 1. The topological polar surface area (TPSA) is 58.2 Å². The largest absolute Gasteiger partial charge is 0.496 e. The van der Waals surface area contributed by atoms with Gasteiger partial charge in [-0.25, -0.2) is 4.98 Å². The molecule has 1 aromatic heterocycles. The molecule has 1 aliphatic heterocycles. The average Bonchev–Trinajstić information content (AvgIpc) is 3.02. The maximum Gasteiger partial charge on any atom is 0.254 e. The van der Waals surface area contributed by atoms with Crippen molar-refractivity contribution in [2.45, 2.75) is 63.8 Å². The van der Waals surface area contributed by atoms with E-state index < -0.39 is 0 Å². The highest BCUT2D eigenvalue weighted by molar-refractivity contribution is 5.35. The summed E-state index contributed by atoms with van der Waals surface area (Å²) in [5, 5.41) is 0. The summed E-state index contributed by atoms with van der Waals surface area (Å²) in [6.45, 7) is 9.27. The van der Waals surface area contributed by atoms with Gasteiger partial charge in [-0.1, -0.05) is 39.0 Å². The van der Waals surface area contributed by atoms with E-state index in [0.717, 1.165) is 68.1 Å². The molecular formula is C23H31N3O2. The van der Waals surface area contributed by atoms with Crippen LogP contribution >= 0.6 is 0 Å². The van der Waals surface area contributed by atoms with Crippen LogP contribution in [0.15, 0.2) is 29.1 Å². The predicted molar refractivity (Wildman–Crippen MR) is 111 cm³/mol. The molecule has 1 N–H and O–H groups in total. The summed E-state index contributed by atoms with van der Waals surface area (Å²) in [6.07, 6.45) is 4.04. The molecule has 4 rings (SSSR count). The average molecular weight is 382 g/mol. The lowest BCUT2D eigenvalue weighted by Gasteiger charge is -2.39. The fourth-order valence-corrected chi connectivity index (χ4v) is 4.71. The highest BCUT2D eigenvalue weighted by Gasteiger charge is 2.44. The van der Waals surface area contributed by atoms with Crippen LogP contribution in [0.4, 0.5) is 0 Å². The molecule has 5 nitrogen and oxygen atoms in total. The summed E-state index contributed by atoms with van der Waals surface area (Å²) in [5.41, 5.74) is 3.23. The van der Waals surface area contributed by atoms with Crippen LogP contribution in [0, 0.1) is 0 Å². The Morgan fingerprint density at radius 1 is 1.18 bits per heavy atom. The van der Waals surface area contributed by atoms with E-state index in [2.05, 4.69) is 42.8 Å². The van der Waals surface area contributed by atoms with Gasteiger partial charge in [0.2, 0.25) is 0 Å². The molecular weight excluding hydrogens is 350 g/mol. The Balaban J connectivity index is 1.55. The maximum atomic E-state index is 12.7. The molecule has 28 heavy (non-hydrogen) atoms. The minimum absolute atomic E-state index is 0.0703. The van der Waals surface area contributed by atoms with E-state index in [9.17, 15) is 4.79 Å². The number of ether oxygens (including phenoxy) is 1. The first kappa shape index (κ1) is 19.2. The molecule has 1 saturated heterocycles. The number of likely N-dealkylation sites (tertiary alicyclic amines) is 1. The van der Waals surface area contributed by atoms with Gasteiger partial charge in [0.1, 0.15) is 11.6 Å². The lowest BCUT2D eigenvalue weighted by molar-refractivity contribution is 0.148. The number of hydrogen-bond donors (Lipinski definition) is 1. The lowest BCUT2D eigenvalue weighted by atomic mass is 9.76. The van der Waals surface area contributed by atoms with E-state index >= 15 is 0 Å². The summed E-state index contributed by atoms with van der Waals surface area (Å²) in [5.74, 6) is 1.77. The van der Waals surface area contributed by atoms with Crippen molar-refractivity contribution in [3.63, 3.8) is 0 Å². The number of piperidine rings is 1. The quantitative estimate of drug-likeness (QED) is 0.883. The van der Waals surface area contributed by atoms with Crippen LogP contribution in [-0.2, 0) is 23.8 Å². The molecule has 0 unspecified atom stereocenters. The third-order valence-corrected chi connectivity index (χ3v) is 6.48. The molecule has 0 saturated carbocycles. The van der Waals surface area contributed by atoms with Crippen molar-refractivity contribution in [1.82, 2.24) is 14.9 Å². The molecule has 2 aliphatic rings. The Morgan fingerprint density at radius 2 is 1.89 bits per heavy atom. The first-order chi connectivity index (χ1) is 13.3. The second kappa shape index (κ2) is 7.03. The number of aromatic nitrogens is 2. The van der Waals surface area contributed by atoms with E-state index in [1.807, 2.05) is 12.1 Å². The summed E-state index contributed by atoms with van der Waals surface area (Å²) in [6, 6.07) is 8.25. The van der Waals surface area contributed by atoms with Crippen molar-refractivity contribution in [3.8, 4) is 5.75 Å². The van der Waals surface area contributed by atoms with Gasteiger partial charge in [0.15, 0.2) is 0 Å². The molecule has 0 amide bonds. The molecule has 1 aliphatic carbocycles. The second-order valence-electron chi connectivity index (χ2n) is 9.36. The van der Waals surface area contributed by atoms with Crippen molar-refractivity contribution >= 4 is 0 Å². The van der Waals surface area contributed by atoms with E-state index in [0.29, 0.717) is 0 Å². The first-order valence-electron chi connectivity index (χ1n) is 10.3. The zero-order chi connectivity index (χ0) is 19.9. The molecule has 2 heterocycles. The predicted octanol–water partition coefficient (Wildman–Crippen LogP) is 3.56. The van der Waals surface area contributed by atoms with Crippen molar-refractivity contribution in [1.29, 1.82) is 0 Å². The zero-order valence-electron chi connectivity index (χ0n) is 17.5. The summed E-state index contributed by atoms with van der Waals surface area (Å²) in [4.78, 5) is 23.2. The van der Waals surface area contributed by atoms with Gasteiger partial charge in [0.25, 0.3) is 5.56 Å². The molecule has 1 spiro atoms. The highest BCUT2D eigenvalue weighted by Crippen LogP contribution is 2.45. The Labute approximate surface area is 167 Å². The Kier molecular flexibility index (Phi) is 4.82. The molecule has 1 fully saturated rings. The maximum absolute atomic E-state index is 12.7. The van der Waals surface area contributed by atoms with Gasteiger partial charge >= 0.3 is 0 Å². The van der Waals surface area contributed by atoms with Crippen LogP contribution in [0.2, 0.25) is 0 Å². The monoisotopic (exact) mass is 381 g/mol. The van der Waals surface area contributed by atoms with Gasteiger partial charge in [0, 0.05) is 28.5 Å². The number of nitrogens with zero attached hydrogens (tertiary/aromatic N) is 2. The molecule has 0 atom stereocenters. The number of para-hydroxylation sites is 1. The van der Waals surface area contributed by atoms with Crippen molar-refractivity contribution in [2.75, 3.05) is 20.2 Å². The summed E-state index contributed by atoms with van der Waals surface area (Å²) < 4.78 is 5.51. The van der Waals surface area contributed by atoms with Crippen LogP contribution < -0.4 is 10.3 Å². The normalized spacial score (nSPS) is 19.0. The molecule has 2 aromatic rings. The number of aromatic amines is 1. The van der Waals surface area contributed by atoms with Crippen molar-refractivity contribution in [3.05, 3.63) is 57.3 Å². The third kappa shape index (κ3) is 3.37. The number of hydrogen-bond acceptors (Lipinski definition) is 4. The zero-order valence-corrected chi connectivity index (χ0v) is 17.5. The third-order valence-electron chi connectivity index (χ3n) is 6.48. The molecule has 0 radical (unpaired) electrons. The van der Waals surface area contributed by atoms with Gasteiger partial charge in [-0.05, 0) is 44.8 Å². The van der Waals surface area contributed by atoms with Gasteiger partial charge in [-0.2, -0.15) is 0 Å². The van der Waals surface area contributed by atoms with Gasteiger partial charge < -0.3 is 9.72 Å². The van der Waals surface area contributed by atoms with Crippen LogP contribution in [0.3, 0.4) is 0 Å². The SMILES string of the molecule is COc1ccccc1CN1CCC2(CCc3c2nc(C(C)(C)C)[nH]c3=O)CC1. The second-order valence-corrected chi connectivity index (χ2v) is 9.36. The number of methoxy groups -OCH3 is 1. The van der Waals surface area contributed by atoms with Gasteiger partial charge in [-0.15, -0.1) is 0 Å². The van der Waals surface area contributed by atoms with E-state index in [1.165, 1.54) is 5.56 Å². The van der Waals surface area contributed by atoms with Crippen LogP contribution in [0.5, 0.6) is 5.75 Å². The van der Waals surface area contributed by atoms with E-state index in [4.69, 9.17) is 9.72 Å². The molecule has 0 bridgehead atoms. The van der Waals surface area contributed by atoms with Crippen molar-refractivity contribution in [2.24, 2.45) is 0 Å². The smallest absolute Gasteiger partial charge is 0.254 e. The fourth-order valence-electron chi connectivity index (χ4n) is 4.71. The molecule has 5 heteroatoms. The lowest BCUT2D eigenvalue weighted by Crippen LogP contribution is -2.42. The van der Waals surface area contributed by atoms with E-state index in [-0.39, 0.29) is 16.4 Å². The van der Waals surface area contributed by atoms with Crippen LogP contribution in [0.1, 0.15) is 62.7 Å². The van der Waals surface area contributed by atoms with Crippen LogP contribution in [0.25, 0.3) is 0 Å². The van der Waals surface area contributed by atoms with Gasteiger partial charge in [-0.3, -0.25) is 9.69 Å². The number of nitrogens with one attached hydrogen (secondary N) is 1. The molecule has 1 aromatic carbocycles. The molecule has 150 valence electrons. The standard InChI is InChI=1S/C23H31N3O2/c1-22(2,3)21-24-19-17(20(27)25-21)9-10-23(19)11-13-26(14-12-23)15-16-7-5-6-8-18(16)28-4/h5-8H,9-15H2,1-4H3,(H,24,25,27). The Bertz CT molecular complexity index is 918. The number of rotatable bonds is 3. The Hall–Kier alpha value is -2.14. The van der Waals surface area contributed by atoms with Gasteiger partial charge in [0.05, 0.1) is 12.8 Å². The summed E-state index contributed by atoms with van der Waals surface area (Å²) >= 11 is 0. The van der Waals surface area contributed by atoms with E-state index in [1.54, 1.807) is 7.11 Å². The minimum Gasteiger partial charge on any atom is -0.496 e.